The molecule has 0 aliphatic heterocycles. The van der Waals surface area contributed by atoms with Crippen molar-refractivity contribution in [3.63, 3.8) is 0 Å². The zero-order valence-electron chi connectivity index (χ0n) is 10.3. The van der Waals surface area contributed by atoms with Crippen molar-refractivity contribution in [2.75, 3.05) is 7.05 Å². The fourth-order valence-corrected chi connectivity index (χ4v) is 3.10. The lowest BCUT2D eigenvalue weighted by Gasteiger charge is -2.18. The van der Waals surface area contributed by atoms with Gasteiger partial charge in [0.05, 0.1) is 22.4 Å². The summed E-state index contributed by atoms with van der Waals surface area (Å²) >= 11 is 7.15. The minimum atomic E-state index is 0.227. The largest absolute Gasteiger partial charge is 0.311 e. The molecule has 1 atom stereocenters. The second-order valence-electron chi connectivity index (χ2n) is 4.14. The van der Waals surface area contributed by atoms with E-state index in [4.69, 9.17) is 0 Å². The molecule has 0 fully saturated rings. The van der Waals surface area contributed by atoms with Gasteiger partial charge in [0.25, 0.3) is 0 Å². The Hall–Kier alpha value is -0.650. The number of hydrogen-bond acceptors (Lipinski definition) is 2. The van der Waals surface area contributed by atoms with Crippen LogP contribution in [0.15, 0.2) is 39.4 Å². The summed E-state index contributed by atoms with van der Waals surface area (Å²) in [6.45, 7) is 0. The monoisotopic (exact) mass is 371 g/mol. The molecule has 0 amide bonds. The van der Waals surface area contributed by atoms with Crippen LogP contribution in [0.2, 0.25) is 0 Å². The first kappa shape index (κ1) is 13.8. The minimum absolute atomic E-state index is 0.227. The lowest BCUT2D eigenvalue weighted by Crippen LogP contribution is -2.22. The highest BCUT2D eigenvalue weighted by Gasteiger charge is 2.18. The molecule has 18 heavy (non-hydrogen) atoms. The first-order chi connectivity index (χ1) is 8.63. The second-order valence-corrected chi connectivity index (χ2v) is 5.85. The zero-order chi connectivity index (χ0) is 13.1. The highest BCUT2D eigenvalue weighted by Crippen LogP contribution is 2.27. The highest BCUT2D eigenvalue weighted by molar-refractivity contribution is 9.10. The van der Waals surface area contributed by atoms with Crippen molar-refractivity contribution < 1.29 is 0 Å². The maximum atomic E-state index is 4.27. The number of aromatic nitrogens is 2. The number of likely N-dealkylation sites (N-methyl/N-ethyl adjacent to an activating group) is 1. The van der Waals surface area contributed by atoms with Gasteiger partial charge in [0.1, 0.15) is 0 Å². The van der Waals surface area contributed by atoms with E-state index in [0.29, 0.717) is 0 Å². The molecule has 2 rings (SSSR count). The molecule has 1 aromatic carbocycles. The van der Waals surface area contributed by atoms with Crippen LogP contribution in [0.4, 0.5) is 0 Å². The van der Waals surface area contributed by atoms with Gasteiger partial charge in [-0.2, -0.15) is 5.10 Å². The number of hydrogen-bond donors (Lipinski definition) is 1. The SMILES string of the molecule is CNC(Cc1ccccc1Br)c1c(Br)cnn1C. The Labute approximate surface area is 124 Å². The third kappa shape index (κ3) is 2.84. The third-order valence-electron chi connectivity index (χ3n) is 3.00. The topological polar surface area (TPSA) is 29.9 Å². The zero-order valence-corrected chi connectivity index (χ0v) is 13.5. The molecule has 96 valence electrons. The molecule has 0 bridgehead atoms. The van der Waals surface area contributed by atoms with Crippen LogP contribution in [0.1, 0.15) is 17.3 Å². The third-order valence-corrected chi connectivity index (χ3v) is 4.38. The van der Waals surface area contributed by atoms with Crippen molar-refractivity contribution in [1.82, 2.24) is 15.1 Å². The molecule has 0 saturated carbocycles. The Morgan fingerprint density at radius 1 is 1.28 bits per heavy atom. The fourth-order valence-electron chi connectivity index (χ4n) is 2.03. The van der Waals surface area contributed by atoms with E-state index in [9.17, 15) is 0 Å². The van der Waals surface area contributed by atoms with Gasteiger partial charge in [-0.15, -0.1) is 0 Å². The van der Waals surface area contributed by atoms with E-state index in [-0.39, 0.29) is 6.04 Å². The van der Waals surface area contributed by atoms with Gasteiger partial charge in [-0.1, -0.05) is 34.1 Å². The summed E-state index contributed by atoms with van der Waals surface area (Å²) in [6.07, 6.45) is 2.75. The van der Waals surface area contributed by atoms with Crippen LogP contribution < -0.4 is 5.32 Å². The molecular formula is C13H15Br2N3. The molecule has 1 aromatic heterocycles. The van der Waals surface area contributed by atoms with Crippen LogP contribution in [-0.4, -0.2) is 16.8 Å². The molecule has 2 aromatic rings. The van der Waals surface area contributed by atoms with Gasteiger partial charge in [0, 0.05) is 11.5 Å². The predicted octanol–water partition coefficient (Wildman–Crippen LogP) is 3.45. The van der Waals surface area contributed by atoms with Crippen LogP contribution >= 0.6 is 31.9 Å². The Balaban J connectivity index is 2.28. The van der Waals surface area contributed by atoms with Gasteiger partial charge in [0.15, 0.2) is 0 Å². The van der Waals surface area contributed by atoms with Crippen LogP contribution in [0.5, 0.6) is 0 Å². The molecule has 3 nitrogen and oxygen atoms in total. The van der Waals surface area contributed by atoms with Gasteiger partial charge in [-0.3, -0.25) is 4.68 Å². The number of nitrogens with zero attached hydrogens (tertiary/aromatic N) is 2. The Morgan fingerprint density at radius 2 is 2.00 bits per heavy atom. The van der Waals surface area contributed by atoms with Crippen molar-refractivity contribution in [3.8, 4) is 0 Å². The molecule has 1 N–H and O–H groups in total. The van der Waals surface area contributed by atoms with Gasteiger partial charge in [-0.05, 0) is 41.0 Å². The summed E-state index contributed by atoms with van der Waals surface area (Å²) in [7, 11) is 3.94. The number of benzene rings is 1. The first-order valence-corrected chi connectivity index (χ1v) is 7.30. The van der Waals surface area contributed by atoms with E-state index in [0.717, 1.165) is 21.1 Å². The second kappa shape index (κ2) is 5.99. The van der Waals surface area contributed by atoms with Crippen LogP contribution in [0.25, 0.3) is 0 Å². The molecule has 0 aliphatic rings. The number of nitrogens with one attached hydrogen (secondary N) is 1. The van der Waals surface area contributed by atoms with Crippen LogP contribution in [-0.2, 0) is 13.5 Å². The fraction of sp³-hybridized carbons (Fsp3) is 0.308. The average Bonchev–Trinajstić information content (AvgIpc) is 2.69. The first-order valence-electron chi connectivity index (χ1n) is 5.71. The quantitative estimate of drug-likeness (QED) is 0.890. The maximum absolute atomic E-state index is 4.27. The van der Waals surface area contributed by atoms with E-state index < -0.39 is 0 Å². The van der Waals surface area contributed by atoms with E-state index >= 15 is 0 Å². The van der Waals surface area contributed by atoms with Crippen LogP contribution in [0, 0.1) is 0 Å². The van der Waals surface area contributed by atoms with E-state index in [1.165, 1.54) is 5.56 Å². The molecular weight excluding hydrogens is 358 g/mol. The Morgan fingerprint density at radius 3 is 2.56 bits per heavy atom. The predicted molar refractivity (Wildman–Crippen MR) is 80.6 cm³/mol. The van der Waals surface area contributed by atoms with Gasteiger partial charge < -0.3 is 5.32 Å². The normalized spacial score (nSPS) is 12.7. The molecule has 1 unspecified atom stereocenters. The van der Waals surface area contributed by atoms with Gasteiger partial charge in [-0.25, -0.2) is 0 Å². The molecule has 0 aliphatic carbocycles. The van der Waals surface area contributed by atoms with Crippen molar-refractivity contribution in [3.05, 3.63) is 50.7 Å². The highest BCUT2D eigenvalue weighted by atomic mass is 79.9. The average molecular weight is 373 g/mol. The molecule has 0 radical (unpaired) electrons. The molecule has 1 heterocycles. The molecule has 0 saturated heterocycles. The summed E-state index contributed by atoms with van der Waals surface area (Å²) in [5.41, 5.74) is 2.44. The molecule has 5 heteroatoms. The summed E-state index contributed by atoms with van der Waals surface area (Å²) < 4.78 is 4.09. The number of halogens is 2. The summed E-state index contributed by atoms with van der Waals surface area (Å²) in [4.78, 5) is 0. The Bertz CT molecular complexity index is 517. The van der Waals surface area contributed by atoms with Crippen LogP contribution in [0.3, 0.4) is 0 Å². The standard InChI is InChI=1S/C13H15Br2N3/c1-16-12(13-11(15)8-17-18(13)2)7-9-5-3-4-6-10(9)14/h3-6,8,12,16H,7H2,1-2H3. The number of rotatable bonds is 4. The number of aryl methyl sites for hydroxylation is 1. The van der Waals surface area contributed by atoms with E-state index in [1.807, 2.05) is 31.0 Å². The lowest BCUT2D eigenvalue weighted by molar-refractivity contribution is 0.535. The van der Waals surface area contributed by atoms with Crippen molar-refractivity contribution >= 4 is 31.9 Å². The summed E-state index contributed by atoms with van der Waals surface area (Å²) in [6, 6.07) is 8.53. The van der Waals surface area contributed by atoms with E-state index in [2.05, 4.69) is 60.5 Å². The van der Waals surface area contributed by atoms with Gasteiger partial charge in [0.2, 0.25) is 0 Å². The lowest BCUT2D eigenvalue weighted by atomic mass is 10.0. The van der Waals surface area contributed by atoms with Crippen molar-refractivity contribution in [2.24, 2.45) is 7.05 Å². The maximum Gasteiger partial charge on any atom is 0.0695 e. The van der Waals surface area contributed by atoms with Crippen molar-refractivity contribution in [2.45, 2.75) is 12.5 Å². The minimum Gasteiger partial charge on any atom is -0.311 e. The Kier molecular flexibility index (Phi) is 4.59. The summed E-state index contributed by atoms with van der Waals surface area (Å²) in [5.74, 6) is 0. The smallest absolute Gasteiger partial charge is 0.0695 e. The summed E-state index contributed by atoms with van der Waals surface area (Å²) in [5, 5.41) is 7.62. The van der Waals surface area contributed by atoms with Crippen molar-refractivity contribution in [1.29, 1.82) is 0 Å². The van der Waals surface area contributed by atoms with Gasteiger partial charge >= 0.3 is 0 Å². The van der Waals surface area contributed by atoms with E-state index in [1.54, 1.807) is 0 Å². The molecule has 0 spiro atoms.